The van der Waals surface area contributed by atoms with Crippen LogP contribution in [0.15, 0.2) is 48.7 Å². The lowest BCUT2D eigenvalue weighted by atomic mass is 10.0. The number of carbonyl (C=O) groups excluding carboxylic acids is 1. The molecule has 1 aliphatic heterocycles. The van der Waals surface area contributed by atoms with Crippen molar-refractivity contribution >= 4 is 21.7 Å². The van der Waals surface area contributed by atoms with Crippen molar-refractivity contribution in [1.82, 2.24) is 4.98 Å². The van der Waals surface area contributed by atoms with E-state index in [0.29, 0.717) is 24.6 Å². The van der Waals surface area contributed by atoms with Crippen molar-refractivity contribution in [3.05, 3.63) is 65.4 Å². The Morgan fingerprint density at radius 1 is 1.27 bits per heavy atom. The average molecular weight is 471 g/mol. The van der Waals surface area contributed by atoms with E-state index in [-0.39, 0.29) is 24.0 Å². The Morgan fingerprint density at radius 2 is 2.12 bits per heavy atom. The molecule has 4 rings (SSSR count). The highest BCUT2D eigenvalue weighted by Gasteiger charge is 2.22. The average Bonchev–Trinajstić information content (AvgIpc) is 3.62. The van der Waals surface area contributed by atoms with E-state index in [4.69, 9.17) is 9.47 Å². The number of allylic oxidation sites excluding steroid dienone is 2. The number of pyridine rings is 1. The first-order valence-electron chi connectivity index (χ1n) is 11.4. The molecule has 1 atom stereocenters. The van der Waals surface area contributed by atoms with E-state index < -0.39 is 15.9 Å². The van der Waals surface area contributed by atoms with Crippen molar-refractivity contribution in [1.29, 1.82) is 0 Å². The lowest BCUT2D eigenvalue weighted by Crippen LogP contribution is -2.21. The molecule has 1 fully saturated rings. The number of hydrogen-bond donors (Lipinski definition) is 1. The first kappa shape index (κ1) is 23.3. The predicted molar refractivity (Wildman–Crippen MR) is 127 cm³/mol. The molecule has 2 heterocycles. The largest absolute Gasteiger partial charge is 0.493 e. The van der Waals surface area contributed by atoms with Crippen molar-refractivity contribution < 1.29 is 22.7 Å². The minimum absolute atomic E-state index is 0.0901. The van der Waals surface area contributed by atoms with Crippen LogP contribution >= 0.6 is 0 Å². The van der Waals surface area contributed by atoms with E-state index in [1.807, 2.05) is 49.4 Å². The third kappa shape index (κ3) is 7.05. The second kappa shape index (κ2) is 10.4. The maximum atomic E-state index is 12.6. The van der Waals surface area contributed by atoms with Gasteiger partial charge >= 0.3 is 6.09 Å². The number of nitrogens with zero attached hydrogens (tertiary/aromatic N) is 1. The summed E-state index contributed by atoms with van der Waals surface area (Å²) in [6, 6.07) is 9.73. The number of carbonyl (C=O) groups is 1. The maximum Gasteiger partial charge on any atom is 0.413 e. The molecule has 0 saturated heterocycles. The molecular weight excluding hydrogens is 440 g/mol. The summed E-state index contributed by atoms with van der Waals surface area (Å²) in [7, 11) is -3.18. The Hall–Kier alpha value is -2.87. The number of sulfone groups is 1. The number of hydrogen-bond acceptors (Lipinski definition) is 6. The summed E-state index contributed by atoms with van der Waals surface area (Å²) in [5.41, 5.74) is 2.80. The Labute approximate surface area is 195 Å². The van der Waals surface area contributed by atoms with Gasteiger partial charge in [0.2, 0.25) is 0 Å². The van der Waals surface area contributed by atoms with Gasteiger partial charge in [-0.15, -0.1) is 0 Å². The van der Waals surface area contributed by atoms with Crippen LogP contribution in [0.1, 0.15) is 48.8 Å². The number of amides is 1. The SMILES string of the molecule is C[C@@H](CS(=O)(=O)CC/C=C/Cc1cnc2c(c1)COC(=O)N2)c1cccc(OCC2CC2)c1. The Kier molecular flexibility index (Phi) is 7.33. The number of ether oxygens (including phenoxy) is 2. The molecule has 33 heavy (non-hydrogen) atoms. The fourth-order valence-electron chi connectivity index (χ4n) is 3.72. The van der Waals surface area contributed by atoms with Gasteiger partial charge in [0, 0.05) is 11.8 Å². The van der Waals surface area contributed by atoms with Crippen LogP contribution in [-0.4, -0.2) is 37.6 Å². The van der Waals surface area contributed by atoms with Gasteiger partial charge in [0.25, 0.3) is 0 Å². The van der Waals surface area contributed by atoms with Gasteiger partial charge < -0.3 is 9.47 Å². The van der Waals surface area contributed by atoms with Gasteiger partial charge in [0.15, 0.2) is 9.84 Å². The van der Waals surface area contributed by atoms with E-state index >= 15 is 0 Å². The van der Waals surface area contributed by atoms with E-state index in [0.717, 1.165) is 29.0 Å². The molecule has 1 saturated carbocycles. The molecule has 0 radical (unpaired) electrons. The Morgan fingerprint density at radius 3 is 2.94 bits per heavy atom. The number of fused-ring (bicyclic) bond motifs is 1. The Balaban J connectivity index is 1.23. The molecule has 0 bridgehead atoms. The van der Waals surface area contributed by atoms with E-state index in [1.54, 1.807) is 6.20 Å². The highest BCUT2D eigenvalue weighted by atomic mass is 32.2. The minimum Gasteiger partial charge on any atom is -0.493 e. The predicted octanol–water partition coefficient (Wildman–Crippen LogP) is 4.64. The summed E-state index contributed by atoms with van der Waals surface area (Å²) in [6.45, 7) is 2.90. The zero-order valence-electron chi connectivity index (χ0n) is 18.8. The van der Waals surface area contributed by atoms with Gasteiger partial charge in [-0.25, -0.2) is 18.2 Å². The standard InChI is InChI=1S/C25H30N2O5S/c1-18(21-7-5-8-23(13-21)31-15-19-9-10-19)17-33(29,30)11-4-2-3-6-20-12-22-16-32-25(28)27-24(22)26-14-20/h2-3,5,7-8,12-14,18-19H,4,6,9-11,15-17H2,1H3,(H,26,27,28)/b3-2+/t18-/m0/s1. The second-order valence-corrected chi connectivity index (χ2v) is 11.1. The van der Waals surface area contributed by atoms with Gasteiger partial charge in [-0.3, -0.25) is 5.32 Å². The third-order valence-electron chi connectivity index (χ3n) is 5.83. The zero-order valence-corrected chi connectivity index (χ0v) is 19.6. The summed E-state index contributed by atoms with van der Waals surface area (Å²) in [4.78, 5) is 15.5. The highest BCUT2D eigenvalue weighted by Crippen LogP contribution is 2.30. The van der Waals surface area contributed by atoms with Crippen molar-refractivity contribution in [3.8, 4) is 5.75 Å². The van der Waals surface area contributed by atoms with E-state index in [9.17, 15) is 13.2 Å². The molecule has 1 N–H and O–H groups in total. The van der Waals surface area contributed by atoms with Crippen molar-refractivity contribution in [2.24, 2.45) is 5.92 Å². The van der Waals surface area contributed by atoms with Gasteiger partial charge in [-0.05, 0) is 66.8 Å². The van der Waals surface area contributed by atoms with E-state index in [2.05, 4.69) is 10.3 Å². The molecule has 1 aromatic carbocycles. The molecule has 1 amide bonds. The fourth-order valence-corrected chi connectivity index (χ4v) is 5.34. The van der Waals surface area contributed by atoms with E-state index in [1.165, 1.54) is 12.8 Å². The molecule has 2 aliphatic rings. The van der Waals surface area contributed by atoms with Crippen LogP contribution in [-0.2, 0) is 27.6 Å². The third-order valence-corrected chi connectivity index (χ3v) is 7.70. The van der Waals surface area contributed by atoms with Crippen molar-refractivity contribution in [2.75, 3.05) is 23.4 Å². The van der Waals surface area contributed by atoms with Crippen LogP contribution in [0.25, 0.3) is 0 Å². The van der Waals surface area contributed by atoms with Gasteiger partial charge in [0.1, 0.15) is 18.2 Å². The monoisotopic (exact) mass is 470 g/mol. The number of rotatable bonds is 11. The van der Waals surface area contributed by atoms with Gasteiger partial charge in [0.05, 0.1) is 18.1 Å². The smallest absolute Gasteiger partial charge is 0.413 e. The van der Waals surface area contributed by atoms with Crippen LogP contribution in [0, 0.1) is 5.92 Å². The first-order valence-corrected chi connectivity index (χ1v) is 13.2. The number of cyclic esters (lactones) is 1. The quantitative estimate of drug-likeness (QED) is 0.481. The van der Waals surface area contributed by atoms with Gasteiger partial charge in [-0.1, -0.05) is 31.2 Å². The molecule has 0 unspecified atom stereocenters. The molecule has 8 heteroatoms. The number of nitrogens with one attached hydrogen (secondary N) is 1. The van der Waals surface area contributed by atoms with Crippen LogP contribution in [0.3, 0.4) is 0 Å². The molecule has 176 valence electrons. The lowest BCUT2D eigenvalue weighted by molar-refractivity contribution is 0.151. The summed E-state index contributed by atoms with van der Waals surface area (Å²) in [5.74, 6) is 2.17. The summed E-state index contributed by atoms with van der Waals surface area (Å²) < 4.78 is 36.0. The van der Waals surface area contributed by atoms with Crippen LogP contribution in [0.4, 0.5) is 10.6 Å². The molecule has 0 spiro atoms. The molecule has 1 aromatic heterocycles. The fraction of sp³-hybridized carbons (Fsp3) is 0.440. The number of aromatic nitrogens is 1. The molecule has 1 aliphatic carbocycles. The number of benzene rings is 1. The summed E-state index contributed by atoms with van der Waals surface area (Å²) in [6.07, 6.45) is 8.64. The Bertz CT molecular complexity index is 1130. The maximum absolute atomic E-state index is 12.6. The normalized spacial score (nSPS) is 16.7. The molecule has 7 nitrogen and oxygen atoms in total. The van der Waals surface area contributed by atoms with Crippen molar-refractivity contribution in [2.45, 2.75) is 45.1 Å². The van der Waals surface area contributed by atoms with Crippen LogP contribution in [0.5, 0.6) is 5.75 Å². The summed E-state index contributed by atoms with van der Waals surface area (Å²) in [5, 5.41) is 2.56. The van der Waals surface area contributed by atoms with Crippen LogP contribution < -0.4 is 10.1 Å². The second-order valence-electron chi connectivity index (χ2n) is 8.86. The van der Waals surface area contributed by atoms with Crippen LogP contribution in [0.2, 0.25) is 0 Å². The van der Waals surface area contributed by atoms with Crippen molar-refractivity contribution in [3.63, 3.8) is 0 Å². The molecule has 2 aromatic rings. The number of anilines is 1. The highest BCUT2D eigenvalue weighted by molar-refractivity contribution is 7.91. The van der Waals surface area contributed by atoms with Gasteiger partial charge in [-0.2, -0.15) is 0 Å². The lowest BCUT2D eigenvalue weighted by Gasteiger charge is -2.16. The summed E-state index contributed by atoms with van der Waals surface area (Å²) >= 11 is 0. The molecular formula is C25H30N2O5S. The topological polar surface area (TPSA) is 94.6 Å². The minimum atomic E-state index is -3.18. The zero-order chi connectivity index (χ0) is 23.3. The first-order chi connectivity index (χ1) is 15.9.